The van der Waals surface area contributed by atoms with Gasteiger partial charge in [0.15, 0.2) is 0 Å². The minimum atomic E-state index is -0.366. The Balaban J connectivity index is 1.56. The van der Waals surface area contributed by atoms with Crippen LogP contribution in [0.15, 0.2) is 52.3 Å². The van der Waals surface area contributed by atoms with E-state index in [9.17, 15) is 14.0 Å². The van der Waals surface area contributed by atoms with Gasteiger partial charge in [-0.05, 0) is 48.6 Å². The van der Waals surface area contributed by atoms with Gasteiger partial charge in [0.05, 0.1) is 10.6 Å². The van der Waals surface area contributed by atoms with Crippen LogP contribution < -0.4 is 10.2 Å². The number of rotatable bonds is 3. The summed E-state index contributed by atoms with van der Waals surface area (Å²) in [6.07, 6.45) is 4.92. The summed E-state index contributed by atoms with van der Waals surface area (Å²) in [5, 5.41) is 3.19. The van der Waals surface area contributed by atoms with Crippen LogP contribution in [0, 0.1) is 17.7 Å². The third-order valence-electron chi connectivity index (χ3n) is 6.53. The molecule has 2 aromatic rings. The molecule has 1 aliphatic heterocycles. The van der Waals surface area contributed by atoms with Crippen molar-refractivity contribution in [2.75, 3.05) is 11.9 Å². The number of nitrogens with zero attached hydrogens (tertiary/aromatic N) is 1. The van der Waals surface area contributed by atoms with Crippen molar-refractivity contribution in [3.8, 4) is 0 Å². The molecular weight excluding hydrogens is 411 g/mol. The van der Waals surface area contributed by atoms with Gasteiger partial charge in [0, 0.05) is 29.1 Å². The van der Waals surface area contributed by atoms with Crippen LogP contribution >= 0.6 is 11.8 Å². The van der Waals surface area contributed by atoms with Gasteiger partial charge in [-0.3, -0.25) is 9.59 Å². The van der Waals surface area contributed by atoms with E-state index >= 15 is 0 Å². The molecule has 162 valence electrons. The summed E-state index contributed by atoms with van der Waals surface area (Å²) in [5.41, 5.74) is 1.62. The van der Waals surface area contributed by atoms with Gasteiger partial charge in [0.25, 0.3) is 11.8 Å². The number of amides is 2. The number of hydrogen-bond acceptors (Lipinski definition) is 3. The standard InChI is InChI=1S/C25H27FN2O2S/c1-15-7-6-10-20(16(15)2)27-24(29)18-11-12-22-21(13-18)28(3)25(30)23(31-22)14-17-8-4-5-9-19(17)26/h4-5,8-9,11-16,20H,6-7,10H2,1-3H3,(H,27,29)/b23-14-. The molecule has 4 nitrogen and oxygen atoms in total. The van der Waals surface area contributed by atoms with Crippen LogP contribution in [0.1, 0.15) is 49.0 Å². The lowest BCUT2D eigenvalue weighted by Crippen LogP contribution is -2.43. The molecule has 3 atom stereocenters. The molecule has 3 unspecified atom stereocenters. The molecule has 6 heteroatoms. The molecule has 0 aromatic heterocycles. The number of likely N-dealkylation sites (N-methyl/N-ethyl adjacent to an activating group) is 1. The van der Waals surface area contributed by atoms with E-state index in [1.54, 1.807) is 43.5 Å². The molecule has 1 N–H and O–H groups in total. The van der Waals surface area contributed by atoms with Crippen LogP contribution in [-0.2, 0) is 4.79 Å². The monoisotopic (exact) mass is 438 g/mol. The Morgan fingerprint density at radius 3 is 2.74 bits per heavy atom. The van der Waals surface area contributed by atoms with Crippen molar-refractivity contribution in [3.63, 3.8) is 0 Å². The maximum atomic E-state index is 14.0. The van der Waals surface area contributed by atoms with E-state index in [0.717, 1.165) is 17.7 Å². The molecule has 2 amide bonds. The number of hydrogen-bond donors (Lipinski definition) is 1. The Morgan fingerprint density at radius 2 is 1.97 bits per heavy atom. The van der Waals surface area contributed by atoms with Gasteiger partial charge in [-0.25, -0.2) is 4.39 Å². The molecular formula is C25H27FN2O2S. The zero-order valence-electron chi connectivity index (χ0n) is 18.0. The zero-order valence-corrected chi connectivity index (χ0v) is 18.8. The minimum absolute atomic E-state index is 0.104. The number of anilines is 1. The largest absolute Gasteiger partial charge is 0.349 e. The number of carbonyl (C=O) groups is 2. The van der Waals surface area contributed by atoms with Gasteiger partial charge in [-0.2, -0.15) is 0 Å². The van der Waals surface area contributed by atoms with Crippen molar-refractivity contribution in [3.05, 3.63) is 64.3 Å². The Bertz CT molecular complexity index is 1050. The van der Waals surface area contributed by atoms with Crippen molar-refractivity contribution in [2.24, 2.45) is 11.8 Å². The number of nitrogens with one attached hydrogen (secondary N) is 1. The number of carbonyl (C=O) groups excluding carboxylic acids is 2. The third kappa shape index (κ3) is 4.40. The average Bonchev–Trinajstić information content (AvgIpc) is 2.76. The summed E-state index contributed by atoms with van der Waals surface area (Å²) in [7, 11) is 1.68. The fourth-order valence-corrected chi connectivity index (χ4v) is 5.39. The van der Waals surface area contributed by atoms with Gasteiger partial charge in [0.1, 0.15) is 5.82 Å². The van der Waals surface area contributed by atoms with Crippen LogP contribution in [0.3, 0.4) is 0 Å². The van der Waals surface area contributed by atoms with E-state index in [1.807, 2.05) is 6.07 Å². The Labute approximate surface area is 186 Å². The molecule has 0 saturated heterocycles. The molecule has 0 spiro atoms. The van der Waals surface area contributed by atoms with E-state index in [-0.39, 0.29) is 23.7 Å². The third-order valence-corrected chi connectivity index (χ3v) is 7.61. The first-order valence-electron chi connectivity index (χ1n) is 10.7. The van der Waals surface area contributed by atoms with Crippen LogP contribution in [0.5, 0.6) is 0 Å². The quantitative estimate of drug-likeness (QED) is 0.645. The van der Waals surface area contributed by atoms with Crippen LogP contribution in [0.25, 0.3) is 6.08 Å². The molecule has 2 aromatic carbocycles. The predicted molar refractivity (Wildman–Crippen MR) is 124 cm³/mol. The molecule has 2 aliphatic rings. The number of halogens is 1. The van der Waals surface area contributed by atoms with Crippen molar-refractivity contribution in [1.29, 1.82) is 0 Å². The molecule has 0 bridgehead atoms. The Hall–Kier alpha value is -2.60. The second kappa shape index (κ2) is 8.87. The Kier molecular flexibility index (Phi) is 6.19. The molecule has 1 aliphatic carbocycles. The van der Waals surface area contributed by atoms with Crippen molar-refractivity contribution in [1.82, 2.24) is 5.32 Å². The number of fused-ring (bicyclic) bond motifs is 1. The highest BCUT2D eigenvalue weighted by atomic mass is 32.2. The van der Waals surface area contributed by atoms with Gasteiger partial charge in [0.2, 0.25) is 0 Å². The minimum Gasteiger partial charge on any atom is -0.349 e. The summed E-state index contributed by atoms with van der Waals surface area (Å²) in [4.78, 5) is 28.6. The topological polar surface area (TPSA) is 49.4 Å². The molecule has 31 heavy (non-hydrogen) atoms. The molecule has 0 radical (unpaired) electrons. The maximum absolute atomic E-state index is 14.0. The van der Waals surface area contributed by atoms with E-state index in [4.69, 9.17) is 0 Å². The first-order chi connectivity index (χ1) is 14.8. The van der Waals surface area contributed by atoms with Gasteiger partial charge < -0.3 is 10.2 Å². The smallest absolute Gasteiger partial charge is 0.264 e. The van der Waals surface area contributed by atoms with Gasteiger partial charge in [-0.15, -0.1) is 0 Å². The highest BCUT2D eigenvalue weighted by Gasteiger charge is 2.30. The first-order valence-corrected chi connectivity index (χ1v) is 11.5. The predicted octanol–water partition coefficient (Wildman–Crippen LogP) is 5.49. The average molecular weight is 439 g/mol. The molecule has 1 saturated carbocycles. The highest BCUT2D eigenvalue weighted by Crippen LogP contribution is 2.42. The van der Waals surface area contributed by atoms with Crippen molar-refractivity contribution < 1.29 is 14.0 Å². The van der Waals surface area contributed by atoms with Crippen LogP contribution in [0.2, 0.25) is 0 Å². The zero-order chi connectivity index (χ0) is 22.1. The molecule has 1 heterocycles. The van der Waals surface area contributed by atoms with E-state index in [2.05, 4.69) is 19.2 Å². The lowest BCUT2D eigenvalue weighted by Gasteiger charge is -2.34. The molecule has 4 rings (SSSR count). The summed E-state index contributed by atoms with van der Waals surface area (Å²) >= 11 is 1.30. The van der Waals surface area contributed by atoms with E-state index in [1.165, 1.54) is 29.1 Å². The Morgan fingerprint density at radius 1 is 1.19 bits per heavy atom. The van der Waals surface area contributed by atoms with E-state index in [0.29, 0.717) is 33.6 Å². The van der Waals surface area contributed by atoms with Crippen molar-refractivity contribution in [2.45, 2.75) is 44.0 Å². The number of thioether (sulfide) groups is 1. The highest BCUT2D eigenvalue weighted by molar-refractivity contribution is 8.04. The van der Waals surface area contributed by atoms with Crippen molar-refractivity contribution >= 4 is 35.3 Å². The lowest BCUT2D eigenvalue weighted by molar-refractivity contribution is -0.114. The SMILES string of the molecule is CC1CCCC(NC(=O)c2ccc3c(c2)N(C)C(=O)/C(=C/c2ccccc2F)S3)C1C. The summed E-state index contributed by atoms with van der Waals surface area (Å²) < 4.78 is 14.0. The second-order valence-electron chi connectivity index (χ2n) is 8.53. The first kappa shape index (κ1) is 21.6. The van der Waals surface area contributed by atoms with Gasteiger partial charge in [-0.1, -0.05) is 56.7 Å². The van der Waals surface area contributed by atoms with Gasteiger partial charge >= 0.3 is 0 Å². The summed E-state index contributed by atoms with van der Waals surface area (Å²) in [5.74, 6) is 0.360. The lowest BCUT2D eigenvalue weighted by atomic mass is 9.78. The normalized spacial score (nSPS) is 24.8. The fourth-order valence-electron chi connectivity index (χ4n) is 4.31. The van der Waals surface area contributed by atoms with E-state index < -0.39 is 0 Å². The second-order valence-corrected chi connectivity index (χ2v) is 9.61. The maximum Gasteiger partial charge on any atom is 0.264 e. The summed E-state index contributed by atoms with van der Waals surface area (Å²) in [6.45, 7) is 4.44. The summed E-state index contributed by atoms with van der Waals surface area (Å²) in [6, 6.07) is 12.0. The van der Waals surface area contributed by atoms with Crippen LogP contribution in [0.4, 0.5) is 10.1 Å². The number of benzene rings is 2. The van der Waals surface area contributed by atoms with Crippen LogP contribution in [-0.4, -0.2) is 24.9 Å². The molecule has 1 fully saturated rings. The fraction of sp³-hybridized carbons (Fsp3) is 0.360.